The van der Waals surface area contributed by atoms with Crippen LogP contribution >= 0.6 is 11.3 Å². The molecule has 2 aromatic carbocycles. The van der Waals surface area contributed by atoms with Crippen LogP contribution in [-0.2, 0) is 16.4 Å². The molecule has 0 aliphatic heterocycles. The van der Waals surface area contributed by atoms with Crippen LogP contribution in [0.4, 0.5) is 5.69 Å². The molecule has 43 heavy (non-hydrogen) atoms. The molecular weight excluding hydrogens is 590 g/mol. The zero-order valence-corrected chi connectivity index (χ0v) is 24.8. The number of aryl methyl sites for hydroxylation is 1. The van der Waals surface area contributed by atoms with Crippen molar-refractivity contribution in [2.24, 2.45) is 0 Å². The number of aromatic carboxylic acids is 1. The summed E-state index contributed by atoms with van der Waals surface area (Å²) in [6.07, 6.45) is 1.97. The molecule has 0 unspecified atom stereocenters. The fourth-order valence-corrected chi connectivity index (χ4v) is 5.99. The molecule has 0 fully saturated rings. The van der Waals surface area contributed by atoms with Crippen molar-refractivity contribution >= 4 is 38.9 Å². The fourth-order valence-electron chi connectivity index (χ4n) is 4.19. The van der Waals surface area contributed by atoms with E-state index < -0.39 is 21.9 Å². The molecule has 1 amide bonds. The molecule has 3 heterocycles. The third-order valence-electron chi connectivity index (χ3n) is 6.39. The second-order valence-electron chi connectivity index (χ2n) is 9.50. The molecule has 0 spiro atoms. The number of carbonyl (C=O) groups is 2. The number of thiophene rings is 1. The van der Waals surface area contributed by atoms with Crippen LogP contribution in [-0.4, -0.2) is 46.7 Å². The van der Waals surface area contributed by atoms with Crippen molar-refractivity contribution in [3.8, 4) is 17.3 Å². The maximum Gasteiger partial charge on any atom is 0.356 e. The Morgan fingerprint density at radius 3 is 2.49 bits per heavy atom. The van der Waals surface area contributed by atoms with E-state index in [4.69, 9.17) is 4.74 Å². The monoisotopic (exact) mass is 617 g/mol. The molecule has 13 heteroatoms. The number of sulfonamides is 1. The summed E-state index contributed by atoms with van der Waals surface area (Å²) in [4.78, 5) is 29.1. The van der Waals surface area contributed by atoms with Crippen LogP contribution in [0.1, 0.15) is 37.0 Å². The summed E-state index contributed by atoms with van der Waals surface area (Å²) in [5.74, 6) is -1.72. The highest BCUT2D eigenvalue weighted by Gasteiger charge is 2.26. The van der Waals surface area contributed by atoms with E-state index in [1.54, 1.807) is 48.0 Å². The van der Waals surface area contributed by atoms with E-state index in [1.807, 2.05) is 25.1 Å². The number of rotatable bonds is 11. The molecule has 0 saturated carbocycles. The summed E-state index contributed by atoms with van der Waals surface area (Å²) < 4.78 is 37.4. The van der Waals surface area contributed by atoms with Crippen LogP contribution in [0.15, 0.2) is 89.3 Å². The van der Waals surface area contributed by atoms with Gasteiger partial charge in [0.2, 0.25) is 15.9 Å². The number of aromatic nitrogens is 3. The lowest BCUT2D eigenvalue weighted by Crippen LogP contribution is -2.27. The van der Waals surface area contributed by atoms with Crippen LogP contribution in [0.25, 0.3) is 5.69 Å². The SMILES string of the molecule is Cc1ccc(-n2nc(C(=O)O)c(C)c2Oc2ccc(NC(=O)c3cccs3)cc2S(=O)(=O)NCCc2ccccn2)cc1. The number of anilines is 1. The Morgan fingerprint density at radius 1 is 1.02 bits per heavy atom. The van der Waals surface area contributed by atoms with Crippen LogP contribution in [0, 0.1) is 13.8 Å². The zero-order valence-electron chi connectivity index (χ0n) is 23.1. The smallest absolute Gasteiger partial charge is 0.356 e. The molecule has 3 aromatic heterocycles. The fraction of sp³-hybridized carbons (Fsp3) is 0.133. The van der Waals surface area contributed by atoms with Crippen molar-refractivity contribution in [1.29, 1.82) is 0 Å². The lowest BCUT2D eigenvalue weighted by atomic mass is 10.2. The van der Waals surface area contributed by atoms with E-state index in [9.17, 15) is 23.1 Å². The quantitative estimate of drug-likeness (QED) is 0.183. The summed E-state index contributed by atoms with van der Waals surface area (Å²) in [7, 11) is -4.20. The number of hydrogen-bond donors (Lipinski definition) is 3. The van der Waals surface area contributed by atoms with Gasteiger partial charge in [0.25, 0.3) is 5.91 Å². The van der Waals surface area contributed by atoms with E-state index >= 15 is 0 Å². The molecule has 0 atom stereocenters. The van der Waals surface area contributed by atoms with E-state index in [1.165, 1.54) is 41.1 Å². The second-order valence-corrected chi connectivity index (χ2v) is 12.2. The first-order chi connectivity index (χ1) is 20.6. The number of ether oxygens (including phenoxy) is 1. The third-order valence-corrected chi connectivity index (χ3v) is 8.74. The van der Waals surface area contributed by atoms with Crippen molar-refractivity contribution in [2.75, 3.05) is 11.9 Å². The normalized spacial score (nSPS) is 11.3. The Hall–Kier alpha value is -4.85. The van der Waals surface area contributed by atoms with Gasteiger partial charge in [0.1, 0.15) is 10.6 Å². The van der Waals surface area contributed by atoms with Gasteiger partial charge in [0.15, 0.2) is 5.69 Å². The van der Waals surface area contributed by atoms with Gasteiger partial charge in [-0.3, -0.25) is 9.78 Å². The van der Waals surface area contributed by atoms with Crippen molar-refractivity contribution in [3.63, 3.8) is 0 Å². The molecule has 0 saturated heterocycles. The zero-order chi connectivity index (χ0) is 30.6. The Morgan fingerprint density at radius 2 is 1.81 bits per heavy atom. The second kappa shape index (κ2) is 12.6. The van der Waals surface area contributed by atoms with E-state index in [0.717, 1.165) is 5.56 Å². The number of carboxylic acids is 1. The number of nitrogens with zero attached hydrogens (tertiary/aromatic N) is 3. The van der Waals surface area contributed by atoms with Gasteiger partial charge in [0, 0.05) is 36.1 Å². The molecule has 0 aliphatic carbocycles. The van der Waals surface area contributed by atoms with Crippen molar-refractivity contribution in [3.05, 3.63) is 112 Å². The molecule has 0 aliphatic rings. The first-order valence-electron chi connectivity index (χ1n) is 13.1. The van der Waals surface area contributed by atoms with E-state index in [0.29, 0.717) is 22.7 Å². The molecule has 0 bridgehead atoms. The average Bonchev–Trinajstić information content (AvgIpc) is 3.64. The Labute approximate surface area is 251 Å². The third kappa shape index (κ3) is 6.80. The van der Waals surface area contributed by atoms with Gasteiger partial charge in [0.05, 0.1) is 10.6 Å². The number of pyridine rings is 1. The van der Waals surface area contributed by atoms with Gasteiger partial charge < -0.3 is 15.2 Å². The Kier molecular flexibility index (Phi) is 8.66. The number of amides is 1. The van der Waals surface area contributed by atoms with Gasteiger partial charge in [-0.1, -0.05) is 29.8 Å². The summed E-state index contributed by atoms with van der Waals surface area (Å²) in [6, 6.07) is 20.2. The summed E-state index contributed by atoms with van der Waals surface area (Å²) in [5, 5.41) is 18.5. The highest BCUT2D eigenvalue weighted by atomic mass is 32.2. The maximum atomic E-state index is 13.7. The minimum Gasteiger partial charge on any atom is -0.476 e. The number of carbonyl (C=O) groups excluding carboxylic acids is 1. The molecule has 11 nitrogen and oxygen atoms in total. The number of benzene rings is 2. The standard InChI is InChI=1S/C30H27N5O6S2/c1-19-8-11-23(12-9-19)35-29(20(2)27(34-35)30(37)38)41-24-13-10-22(33-28(36)25-7-5-17-42-25)18-26(24)43(39,40)32-16-14-21-6-3-4-15-31-21/h3-13,15,17-18,32H,14,16H2,1-2H3,(H,33,36)(H,37,38). The van der Waals surface area contributed by atoms with Crippen molar-refractivity contribution < 1.29 is 27.9 Å². The van der Waals surface area contributed by atoms with Crippen molar-refractivity contribution in [1.82, 2.24) is 19.5 Å². The lowest BCUT2D eigenvalue weighted by molar-refractivity contribution is 0.0689. The van der Waals surface area contributed by atoms with Gasteiger partial charge in [-0.15, -0.1) is 11.3 Å². The van der Waals surface area contributed by atoms with E-state index in [2.05, 4.69) is 20.1 Å². The highest BCUT2D eigenvalue weighted by Crippen LogP contribution is 2.35. The minimum absolute atomic E-state index is 0.0292. The van der Waals surface area contributed by atoms with Crippen LogP contribution < -0.4 is 14.8 Å². The first-order valence-corrected chi connectivity index (χ1v) is 15.4. The largest absolute Gasteiger partial charge is 0.476 e. The molecular formula is C30H27N5O6S2. The van der Waals surface area contributed by atoms with Gasteiger partial charge in [-0.05, 0) is 67.8 Å². The van der Waals surface area contributed by atoms with Crippen LogP contribution in [0.2, 0.25) is 0 Å². The Balaban J connectivity index is 1.53. The maximum absolute atomic E-state index is 13.7. The van der Waals surface area contributed by atoms with Gasteiger partial charge in [-0.25, -0.2) is 17.9 Å². The summed E-state index contributed by atoms with van der Waals surface area (Å²) in [5.41, 5.74) is 2.40. The van der Waals surface area contributed by atoms with E-state index in [-0.39, 0.29) is 40.0 Å². The molecule has 5 aromatic rings. The predicted octanol–water partition coefficient (Wildman–Crippen LogP) is 5.21. The number of nitrogens with one attached hydrogen (secondary N) is 2. The highest BCUT2D eigenvalue weighted by molar-refractivity contribution is 7.89. The predicted molar refractivity (Wildman–Crippen MR) is 162 cm³/mol. The summed E-state index contributed by atoms with van der Waals surface area (Å²) in [6.45, 7) is 3.49. The van der Waals surface area contributed by atoms with Gasteiger partial charge in [-0.2, -0.15) is 9.78 Å². The Bertz CT molecular complexity index is 1870. The molecule has 5 rings (SSSR count). The number of carboxylic acid groups (broad SMARTS) is 1. The average molecular weight is 618 g/mol. The van der Waals surface area contributed by atoms with Crippen LogP contribution in [0.5, 0.6) is 11.6 Å². The molecule has 220 valence electrons. The summed E-state index contributed by atoms with van der Waals surface area (Å²) >= 11 is 1.25. The molecule has 0 radical (unpaired) electrons. The first kappa shape index (κ1) is 29.6. The van der Waals surface area contributed by atoms with Gasteiger partial charge >= 0.3 is 5.97 Å². The lowest BCUT2D eigenvalue weighted by Gasteiger charge is -2.16. The topological polar surface area (TPSA) is 153 Å². The van der Waals surface area contributed by atoms with Crippen molar-refractivity contribution in [2.45, 2.75) is 25.2 Å². The van der Waals surface area contributed by atoms with Crippen LogP contribution in [0.3, 0.4) is 0 Å². The minimum atomic E-state index is -4.20. The number of hydrogen-bond acceptors (Lipinski definition) is 8. The molecule has 3 N–H and O–H groups in total.